The van der Waals surface area contributed by atoms with Gasteiger partial charge < -0.3 is 9.84 Å². The molecule has 0 aliphatic heterocycles. The van der Waals surface area contributed by atoms with Crippen LogP contribution in [0.3, 0.4) is 0 Å². The zero-order chi connectivity index (χ0) is 16.8. The van der Waals surface area contributed by atoms with Crippen LogP contribution in [0.15, 0.2) is 23.2 Å². The summed E-state index contributed by atoms with van der Waals surface area (Å²) in [6.45, 7) is 1.86. The Kier molecular flexibility index (Phi) is 6.44. The number of carboxylic acid groups (broad SMARTS) is 1. The van der Waals surface area contributed by atoms with Gasteiger partial charge in [-0.3, -0.25) is 4.79 Å². The van der Waals surface area contributed by atoms with Gasteiger partial charge in [-0.1, -0.05) is 19.8 Å². The third kappa shape index (κ3) is 4.50. The summed E-state index contributed by atoms with van der Waals surface area (Å²) in [4.78, 5) is 26.0. The van der Waals surface area contributed by atoms with Gasteiger partial charge in [0.15, 0.2) is 5.69 Å². The highest BCUT2D eigenvalue weighted by Crippen LogP contribution is 2.15. The van der Waals surface area contributed by atoms with Gasteiger partial charge in [0.25, 0.3) is 0 Å². The number of nitrogens with one attached hydrogen (secondary N) is 1. The smallest absolute Gasteiger partial charge is 0.358 e. The van der Waals surface area contributed by atoms with Gasteiger partial charge in [0.1, 0.15) is 10.9 Å². The van der Waals surface area contributed by atoms with Crippen molar-refractivity contribution in [3.05, 3.63) is 24.0 Å². The fraction of sp³-hybridized carbons (Fsp3) is 0.462. The van der Waals surface area contributed by atoms with E-state index >= 15 is 0 Å². The molecule has 22 heavy (non-hydrogen) atoms. The van der Waals surface area contributed by atoms with E-state index in [1.807, 2.05) is 6.92 Å². The standard InChI is InChI=1S/C13H18N2O6S/c1-3-4-6-9(12(16)17)15-22(19,20)10-7-5-8-14-11(10)13(18)21-2/h5,7-9,15H,3-4,6H2,1-2H3,(H,16,17)/t9-/m0/s1. The predicted molar refractivity (Wildman–Crippen MR) is 76.8 cm³/mol. The Morgan fingerprint density at radius 2 is 2.14 bits per heavy atom. The van der Waals surface area contributed by atoms with E-state index in [4.69, 9.17) is 5.11 Å². The Morgan fingerprint density at radius 3 is 2.68 bits per heavy atom. The summed E-state index contributed by atoms with van der Waals surface area (Å²) in [5.41, 5.74) is -0.392. The monoisotopic (exact) mass is 330 g/mol. The number of hydrogen-bond acceptors (Lipinski definition) is 6. The fourth-order valence-corrected chi connectivity index (χ4v) is 3.12. The van der Waals surface area contributed by atoms with E-state index in [0.29, 0.717) is 6.42 Å². The highest BCUT2D eigenvalue weighted by molar-refractivity contribution is 7.89. The SMILES string of the molecule is CCCC[C@H](NS(=O)(=O)c1cccnc1C(=O)OC)C(=O)O. The van der Waals surface area contributed by atoms with E-state index in [-0.39, 0.29) is 6.42 Å². The van der Waals surface area contributed by atoms with Crippen molar-refractivity contribution in [2.75, 3.05) is 7.11 Å². The molecular weight excluding hydrogens is 312 g/mol. The Labute approximate surface area is 128 Å². The minimum atomic E-state index is -4.21. The average Bonchev–Trinajstić information content (AvgIpc) is 2.50. The number of aliphatic carboxylic acids is 1. The number of nitrogens with zero attached hydrogens (tertiary/aromatic N) is 1. The molecule has 0 unspecified atom stereocenters. The molecule has 8 nitrogen and oxygen atoms in total. The Bertz CT molecular complexity index is 644. The summed E-state index contributed by atoms with van der Waals surface area (Å²) >= 11 is 0. The number of rotatable bonds is 8. The van der Waals surface area contributed by atoms with Crippen LogP contribution in [0.1, 0.15) is 36.7 Å². The van der Waals surface area contributed by atoms with Crippen molar-refractivity contribution in [2.24, 2.45) is 0 Å². The van der Waals surface area contributed by atoms with E-state index in [9.17, 15) is 18.0 Å². The van der Waals surface area contributed by atoms with Crippen LogP contribution in [0, 0.1) is 0 Å². The molecule has 0 saturated heterocycles. The molecule has 1 atom stereocenters. The van der Waals surface area contributed by atoms with Crippen molar-refractivity contribution < 1.29 is 27.9 Å². The topological polar surface area (TPSA) is 123 Å². The summed E-state index contributed by atoms with van der Waals surface area (Å²) in [6.07, 6.45) is 2.68. The Hall–Kier alpha value is -2.00. The first-order valence-electron chi connectivity index (χ1n) is 6.62. The second kappa shape index (κ2) is 7.85. The number of esters is 1. The molecule has 0 radical (unpaired) electrons. The molecule has 9 heteroatoms. The van der Waals surface area contributed by atoms with Crippen LogP contribution >= 0.6 is 0 Å². The highest BCUT2D eigenvalue weighted by atomic mass is 32.2. The highest BCUT2D eigenvalue weighted by Gasteiger charge is 2.29. The molecule has 0 spiro atoms. The van der Waals surface area contributed by atoms with Crippen LogP contribution in [0.25, 0.3) is 0 Å². The first-order valence-corrected chi connectivity index (χ1v) is 8.10. The number of carbonyl (C=O) groups excluding carboxylic acids is 1. The lowest BCUT2D eigenvalue weighted by Gasteiger charge is -2.15. The van der Waals surface area contributed by atoms with E-state index in [1.54, 1.807) is 0 Å². The predicted octanol–water partition coefficient (Wildman–Crippen LogP) is 0.790. The molecule has 0 bridgehead atoms. The zero-order valence-corrected chi connectivity index (χ0v) is 13.1. The maximum atomic E-state index is 12.3. The first kappa shape index (κ1) is 18.1. The second-order valence-corrected chi connectivity index (χ2v) is 6.18. The molecule has 0 aliphatic carbocycles. The van der Waals surface area contributed by atoms with Crippen LogP contribution in [-0.4, -0.2) is 43.6 Å². The average molecular weight is 330 g/mol. The number of hydrogen-bond donors (Lipinski definition) is 2. The Balaban J connectivity index is 3.13. The van der Waals surface area contributed by atoms with E-state index in [0.717, 1.165) is 13.5 Å². The normalized spacial score (nSPS) is 12.6. The van der Waals surface area contributed by atoms with E-state index in [2.05, 4.69) is 14.4 Å². The van der Waals surface area contributed by atoms with Gasteiger partial charge in [0.2, 0.25) is 10.0 Å². The van der Waals surface area contributed by atoms with Gasteiger partial charge >= 0.3 is 11.9 Å². The van der Waals surface area contributed by atoms with Crippen molar-refractivity contribution in [3.63, 3.8) is 0 Å². The van der Waals surface area contributed by atoms with Gasteiger partial charge in [-0.25, -0.2) is 18.2 Å². The molecule has 2 N–H and O–H groups in total. The number of carboxylic acids is 1. The molecular formula is C13H18N2O6S. The van der Waals surface area contributed by atoms with Gasteiger partial charge in [0, 0.05) is 6.20 Å². The van der Waals surface area contributed by atoms with Crippen molar-refractivity contribution >= 4 is 22.0 Å². The largest absolute Gasteiger partial charge is 0.480 e. The van der Waals surface area contributed by atoms with Crippen LogP contribution in [-0.2, 0) is 19.6 Å². The summed E-state index contributed by atoms with van der Waals surface area (Å²) < 4.78 is 31.2. The van der Waals surface area contributed by atoms with Crippen LogP contribution in [0.4, 0.5) is 0 Å². The number of pyridine rings is 1. The number of ether oxygens (including phenoxy) is 1. The third-order valence-corrected chi connectivity index (χ3v) is 4.38. The molecule has 0 aromatic carbocycles. The quantitative estimate of drug-likeness (QED) is 0.675. The number of carbonyl (C=O) groups is 2. The van der Waals surface area contributed by atoms with Gasteiger partial charge in [-0.05, 0) is 18.6 Å². The van der Waals surface area contributed by atoms with Crippen molar-refractivity contribution in [2.45, 2.75) is 37.1 Å². The number of aromatic nitrogens is 1. The molecule has 1 rings (SSSR count). The van der Waals surface area contributed by atoms with Crippen LogP contribution in [0.5, 0.6) is 0 Å². The molecule has 0 aliphatic rings. The maximum Gasteiger partial charge on any atom is 0.358 e. The fourth-order valence-electron chi connectivity index (χ4n) is 1.75. The zero-order valence-electron chi connectivity index (χ0n) is 12.3. The number of unbranched alkanes of at least 4 members (excludes halogenated alkanes) is 1. The maximum absolute atomic E-state index is 12.3. The molecule has 1 aromatic heterocycles. The molecule has 0 saturated carbocycles. The minimum absolute atomic E-state index is 0.152. The van der Waals surface area contributed by atoms with Crippen molar-refractivity contribution in [1.29, 1.82) is 0 Å². The molecule has 122 valence electrons. The molecule has 1 aromatic rings. The minimum Gasteiger partial charge on any atom is -0.480 e. The molecule has 1 heterocycles. The van der Waals surface area contributed by atoms with Crippen molar-refractivity contribution in [3.8, 4) is 0 Å². The lowest BCUT2D eigenvalue weighted by Crippen LogP contribution is -2.41. The van der Waals surface area contributed by atoms with Gasteiger partial charge in [-0.15, -0.1) is 0 Å². The summed E-state index contributed by atoms with van der Waals surface area (Å²) in [5.74, 6) is -2.19. The van der Waals surface area contributed by atoms with Crippen LogP contribution < -0.4 is 4.72 Å². The van der Waals surface area contributed by atoms with Crippen LogP contribution in [0.2, 0.25) is 0 Å². The molecule has 0 fully saturated rings. The van der Waals surface area contributed by atoms with E-state index in [1.165, 1.54) is 18.3 Å². The van der Waals surface area contributed by atoms with E-state index < -0.39 is 38.6 Å². The summed E-state index contributed by atoms with van der Waals surface area (Å²) in [7, 11) is -3.12. The molecule has 0 amide bonds. The number of sulfonamides is 1. The first-order chi connectivity index (χ1) is 10.3. The van der Waals surface area contributed by atoms with Gasteiger partial charge in [-0.2, -0.15) is 4.72 Å². The summed E-state index contributed by atoms with van der Waals surface area (Å²) in [6, 6.07) is 1.24. The van der Waals surface area contributed by atoms with Gasteiger partial charge in [0.05, 0.1) is 7.11 Å². The van der Waals surface area contributed by atoms with Crippen molar-refractivity contribution in [1.82, 2.24) is 9.71 Å². The Morgan fingerprint density at radius 1 is 1.45 bits per heavy atom. The lowest BCUT2D eigenvalue weighted by atomic mass is 10.1. The summed E-state index contributed by atoms with van der Waals surface area (Å²) in [5, 5.41) is 9.10. The number of methoxy groups -OCH3 is 1. The second-order valence-electron chi connectivity index (χ2n) is 4.50. The lowest BCUT2D eigenvalue weighted by molar-refractivity contribution is -0.139. The third-order valence-electron chi connectivity index (χ3n) is 2.88.